The maximum absolute atomic E-state index is 11.5. The first-order valence-corrected chi connectivity index (χ1v) is 6.88. The molecule has 1 aliphatic rings. The first-order valence-electron chi connectivity index (χ1n) is 6.88. The summed E-state index contributed by atoms with van der Waals surface area (Å²) in [5.41, 5.74) is 0. The third-order valence-corrected chi connectivity index (χ3v) is 3.49. The number of nitrogens with zero attached hydrogens (tertiary/aromatic N) is 1. The van der Waals surface area contributed by atoms with E-state index in [0.717, 1.165) is 32.0 Å². The van der Waals surface area contributed by atoms with Crippen LogP contribution in [-0.4, -0.2) is 50.6 Å². The Labute approximate surface area is 105 Å². The van der Waals surface area contributed by atoms with Crippen molar-refractivity contribution in [1.29, 1.82) is 0 Å². The van der Waals surface area contributed by atoms with Crippen molar-refractivity contribution in [2.45, 2.75) is 32.6 Å². The van der Waals surface area contributed by atoms with E-state index in [1.54, 1.807) is 0 Å². The molecule has 17 heavy (non-hydrogen) atoms. The lowest BCUT2D eigenvalue weighted by Gasteiger charge is -2.28. The summed E-state index contributed by atoms with van der Waals surface area (Å²) in [7, 11) is 2.18. The Morgan fingerprint density at radius 1 is 1.29 bits per heavy atom. The lowest BCUT2D eigenvalue weighted by Crippen LogP contribution is -2.33. The summed E-state index contributed by atoms with van der Waals surface area (Å²) in [6.07, 6.45) is 4.30. The van der Waals surface area contributed by atoms with Crippen molar-refractivity contribution < 1.29 is 4.79 Å². The summed E-state index contributed by atoms with van der Waals surface area (Å²) in [6.45, 7) is 7.04. The van der Waals surface area contributed by atoms with E-state index in [2.05, 4.69) is 29.5 Å². The van der Waals surface area contributed by atoms with Crippen LogP contribution in [0.15, 0.2) is 0 Å². The van der Waals surface area contributed by atoms with Gasteiger partial charge in [0.1, 0.15) is 0 Å². The standard InChI is InChI=1S/C13H27N3O/c1-3-14-8-5-13(17)15-9-4-12-6-10-16(2)11-7-12/h12,14H,3-11H2,1-2H3,(H,15,17). The van der Waals surface area contributed by atoms with Crippen LogP contribution in [0.4, 0.5) is 0 Å². The van der Waals surface area contributed by atoms with Crippen LogP contribution in [0.5, 0.6) is 0 Å². The molecule has 1 aliphatic heterocycles. The highest BCUT2D eigenvalue weighted by Crippen LogP contribution is 2.18. The fourth-order valence-corrected chi connectivity index (χ4v) is 2.23. The highest BCUT2D eigenvalue weighted by atomic mass is 16.1. The second-order valence-corrected chi connectivity index (χ2v) is 4.99. The fourth-order valence-electron chi connectivity index (χ4n) is 2.23. The average Bonchev–Trinajstić information content (AvgIpc) is 2.32. The molecule has 4 heteroatoms. The molecule has 1 amide bonds. The van der Waals surface area contributed by atoms with E-state index in [1.165, 1.54) is 25.9 Å². The minimum absolute atomic E-state index is 0.180. The number of likely N-dealkylation sites (tertiary alicyclic amines) is 1. The number of piperidine rings is 1. The fraction of sp³-hybridized carbons (Fsp3) is 0.923. The van der Waals surface area contributed by atoms with Crippen molar-refractivity contribution >= 4 is 5.91 Å². The van der Waals surface area contributed by atoms with Crippen LogP contribution < -0.4 is 10.6 Å². The van der Waals surface area contributed by atoms with Crippen LogP contribution in [0.2, 0.25) is 0 Å². The SMILES string of the molecule is CCNCCC(=O)NCCC1CCN(C)CC1. The topological polar surface area (TPSA) is 44.4 Å². The van der Waals surface area contributed by atoms with Crippen molar-refractivity contribution in [2.24, 2.45) is 5.92 Å². The van der Waals surface area contributed by atoms with E-state index in [0.29, 0.717) is 6.42 Å². The molecule has 0 aromatic carbocycles. The van der Waals surface area contributed by atoms with Gasteiger partial charge in [-0.3, -0.25) is 4.79 Å². The van der Waals surface area contributed by atoms with Crippen molar-refractivity contribution in [2.75, 3.05) is 39.8 Å². The molecule has 0 bridgehead atoms. The molecule has 0 spiro atoms. The molecule has 0 aromatic heterocycles. The van der Waals surface area contributed by atoms with Gasteiger partial charge in [0, 0.05) is 19.5 Å². The van der Waals surface area contributed by atoms with Crippen LogP contribution in [-0.2, 0) is 4.79 Å². The molecule has 0 saturated carbocycles. The molecule has 100 valence electrons. The van der Waals surface area contributed by atoms with Crippen LogP contribution in [0.25, 0.3) is 0 Å². The second kappa shape index (κ2) is 8.48. The van der Waals surface area contributed by atoms with Crippen LogP contribution >= 0.6 is 0 Å². The molecule has 1 rings (SSSR count). The van der Waals surface area contributed by atoms with Gasteiger partial charge in [-0.1, -0.05) is 6.92 Å². The summed E-state index contributed by atoms with van der Waals surface area (Å²) >= 11 is 0. The van der Waals surface area contributed by atoms with E-state index in [-0.39, 0.29) is 5.91 Å². The Balaban J connectivity index is 1.97. The van der Waals surface area contributed by atoms with Crippen molar-refractivity contribution in [3.05, 3.63) is 0 Å². The van der Waals surface area contributed by atoms with Gasteiger partial charge in [-0.2, -0.15) is 0 Å². The van der Waals surface area contributed by atoms with E-state index in [1.807, 2.05) is 0 Å². The normalized spacial score (nSPS) is 18.2. The summed E-state index contributed by atoms with van der Waals surface area (Å²) in [6, 6.07) is 0. The molecule has 1 heterocycles. The van der Waals surface area contributed by atoms with Crippen LogP contribution in [0.3, 0.4) is 0 Å². The number of carbonyl (C=O) groups is 1. The van der Waals surface area contributed by atoms with Gasteiger partial charge in [0.05, 0.1) is 0 Å². The van der Waals surface area contributed by atoms with Crippen molar-refractivity contribution in [1.82, 2.24) is 15.5 Å². The summed E-state index contributed by atoms with van der Waals surface area (Å²) in [5, 5.41) is 6.16. The van der Waals surface area contributed by atoms with E-state index >= 15 is 0 Å². The van der Waals surface area contributed by atoms with Gasteiger partial charge in [-0.15, -0.1) is 0 Å². The van der Waals surface area contributed by atoms with Gasteiger partial charge in [0.25, 0.3) is 0 Å². The molecule has 0 aliphatic carbocycles. The minimum atomic E-state index is 0.180. The Morgan fingerprint density at radius 3 is 2.65 bits per heavy atom. The Bertz CT molecular complexity index is 213. The van der Waals surface area contributed by atoms with Crippen molar-refractivity contribution in [3.8, 4) is 0 Å². The zero-order chi connectivity index (χ0) is 12.5. The molecule has 4 nitrogen and oxygen atoms in total. The summed E-state index contributed by atoms with van der Waals surface area (Å²) in [5.74, 6) is 0.985. The highest BCUT2D eigenvalue weighted by Gasteiger charge is 2.16. The molecular formula is C13H27N3O. The monoisotopic (exact) mass is 241 g/mol. The van der Waals surface area contributed by atoms with E-state index < -0.39 is 0 Å². The number of amides is 1. The minimum Gasteiger partial charge on any atom is -0.356 e. The molecule has 0 atom stereocenters. The van der Waals surface area contributed by atoms with E-state index in [9.17, 15) is 4.79 Å². The predicted molar refractivity (Wildman–Crippen MR) is 71.0 cm³/mol. The van der Waals surface area contributed by atoms with Gasteiger partial charge in [0.15, 0.2) is 0 Å². The number of hydrogen-bond acceptors (Lipinski definition) is 3. The molecular weight excluding hydrogens is 214 g/mol. The molecule has 1 fully saturated rings. The first-order chi connectivity index (χ1) is 8.22. The van der Waals surface area contributed by atoms with Gasteiger partial charge < -0.3 is 15.5 Å². The maximum atomic E-state index is 11.5. The third-order valence-electron chi connectivity index (χ3n) is 3.49. The largest absolute Gasteiger partial charge is 0.356 e. The Morgan fingerprint density at radius 2 is 2.00 bits per heavy atom. The highest BCUT2D eigenvalue weighted by molar-refractivity contribution is 5.75. The lowest BCUT2D eigenvalue weighted by atomic mass is 9.94. The quantitative estimate of drug-likeness (QED) is 0.649. The number of nitrogens with one attached hydrogen (secondary N) is 2. The molecule has 0 aromatic rings. The zero-order valence-electron chi connectivity index (χ0n) is 11.3. The lowest BCUT2D eigenvalue weighted by molar-refractivity contribution is -0.121. The Hall–Kier alpha value is -0.610. The smallest absolute Gasteiger partial charge is 0.221 e. The summed E-state index contributed by atoms with van der Waals surface area (Å²) in [4.78, 5) is 13.8. The maximum Gasteiger partial charge on any atom is 0.221 e. The summed E-state index contributed by atoms with van der Waals surface area (Å²) < 4.78 is 0. The van der Waals surface area contributed by atoms with Gasteiger partial charge in [-0.25, -0.2) is 0 Å². The first kappa shape index (κ1) is 14.5. The number of carbonyl (C=O) groups excluding carboxylic acids is 1. The second-order valence-electron chi connectivity index (χ2n) is 4.99. The Kier molecular flexibility index (Phi) is 7.21. The van der Waals surface area contributed by atoms with E-state index in [4.69, 9.17) is 0 Å². The molecule has 1 saturated heterocycles. The third kappa shape index (κ3) is 6.64. The molecule has 0 unspecified atom stereocenters. The van der Waals surface area contributed by atoms with Crippen LogP contribution in [0, 0.1) is 5.92 Å². The van der Waals surface area contributed by atoms with Crippen LogP contribution in [0.1, 0.15) is 32.6 Å². The zero-order valence-corrected chi connectivity index (χ0v) is 11.3. The molecule has 0 radical (unpaired) electrons. The molecule has 2 N–H and O–H groups in total. The van der Waals surface area contributed by atoms with Gasteiger partial charge in [-0.05, 0) is 51.9 Å². The average molecular weight is 241 g/mol. The van der Waals surface area contributed by atoms with Crippen molar-refractivity contribution in [3.63, 3.8) is 0 Å². The van der Waals surface area contributed by atoms with Gasteiger partial charge in [0.2, 0.25) is 5.91 Å². The number of rotatable bonds is 7. The predicted octanol–water partition coefficient (Wildman–Crippen LogP) is 0.834. The van der Waals surface area contributed by atoms with Gasteiger partial charge >= 0.3 is 0 Å². The number of hydrogen-bond donors (Lipinski definition) is 2.